The van der Waals surface area contributed by atoms with Gasteiger partial charge in [-0.25, -0.2) is 4.79 Å². The molecule has 5 nitrogen and oxygen atoms in total. The van der Waals surface area contributed by atoms with Gasteiger partial charge in [0.1, 0.15) is 5.60 Å². The van der Waals surface area contributed by atoms with Crippen molar-refractivity contribution in [3.05, 3.63) is 42.0 Å². The molecule has 1 aromatic rings. The predicted octanol–water partition coefficient (Wildman–Crippen LogP) is 4.20. The molecule has 0 aromatic heterocycles. The van der Waals surface area contributed by atoms with E-state index in [0.717, 1.165) is 30.5 Å². The summed E-state index contributed by atoms with van der Waals surface area (Å²) in [6.07, 6.45) is 3.37. The first-order chi connectivity index (χ1) is 12.7. The number of rotatable bonds is 4. The van der Waals surface area contributed by atoms with E-state index in [2.05, 4.69) is 0 Å². The molecule has 1 fully saturated rings. The van der Waals surface area contributed by atoms with Crippen LogP contribution in [-0.4, -0.2) is 54.1 Å². The van der Waals surface area contributed by atoms with Gasteiger partial charge in [0.15, 0.2) is 0 Å². The van der Waals surface area contributed by atoms with E-state index in [1.807, 2.05) is 62.9 Å². The van der Waals surface area contributed by atoms with Crippen molar-refractivity contribution in [1.29, 1.82) is 0 Å². The van der Waals surface area contributed by atoms with Crippen molar-refractivity contribution in [2.45, 2.75) is 46.1 Å². The highest BCUT2D eigenvalue weighted by molar-refractivity contribution is 5.94. The van der Waals surface area contributed by atoms with Gasteiger partial charge in [-0.05, 0) is 57.6 Å². The highest BCUT2D eigenvalue weighted by atomic mass is 16.6. The molecule has 27 heavy (non-hydrogen) atoms. The SMILES string of the molecule is C/C(=C/C(=O)N1CCCC(CN(C)C(=O)OC(C)(C)C)C1)c1ccccc1. The summed E-state index contributed by atoms with van der Waals surface area (Å²) in [4.78, 5) is 28.4. The highest BCUT2D eigenvalue weighted by Gasteiger charge is 2.26. The lowest BCUT2D eigenvalue weighted by atomic mass is 9.97. The molecule has 0 spiro atoms. The van der Waals surface area contributed by atoms with Crippen molar-refractivity contribution in [2.75, 3.05) is 26.7 Å². The summed E-state index contributed by atoms with van der Waals surface area (Å²) in [6, 6.07) is 9.93. The maximum atomic E-state index is 12.7. The zero-order chi connectivity index (χ0) is 20.0. The van der Waals surface area contributed by atoms with Gasteiger partial charge in [-0.1, -0.05) is 30.3 Å². The van der Waals surface area contributed by atoms with E-state index in [9.17, 15) is 9.59 Å². The third kappa shape index (κ3) is 6.74. The maximum Gasteiger partial charge on any atom is 0.410 e. The second kappa shape index (κ2) is 9.07. The van der Waals surface area contributed by atoms with E-state index in [1.54, 1.807) is 18.0 Å². The van der Waals surface area contributed by atoms with Crippen LogP contribution in [0.1, 0.15) is 46.1 Å². The molecule has 0 saturated carbocycles. The Labute approximate surface area is 163 Å². The minimum Gasteiger partial charge on any atom is -0.444 e. The van der Waals surface area contributed by atoms with Crippen LogP contribution in [0.3, 0.4) is 0 Å². The Morgan fingerprint density at radius 1 is 1.26 bits per heavy atom. The fourth-order valence-corrected chi connectivity index (χ4v) is 3.28. The van der Waals surface area contributed by atoms with Crippen LogP contribution in [-0.2, 0) is 9.53 Å². The number of nitrogens with zero attached hydrogens (tertiary/aromatic N) is 2. The number of allylic oxidation sites excluding steroid dienone is 1. The van der Waals surface area contributed by atoms with Crippen LogP contribution >= 0.6 is 0 Å². The van der Waals surface area contributed by atoms with Gasteiger partial charge in [0.05, 0.1) is 0 Å². The number of likely N-dealkylation sites (tertiary alicyclic amines) is 1. The van der Waals surface area contributed by atoms with Crippen molar-refractivity contribution in [3.63, 3.8) is 0 Å². The van der Waals surface area contributed by atoms with Crippen LogP contribution in [0.15, 0.2) is 36.4 Å². The molecule has 2 amide bonds. The molecule has 5 heteroatoms. The van der Waals surface area contributed by atoms with Gasteiger partial charge in [0.25, 0.3) is 0 Å². The Hall–Kier alpha value is -2.30. The molecule has 1 aliphatic rings. The molecular formula is C22H32N2O3. The summed E-state index contributed by atoms with van der Waals surface area (Å²) in [6.45, 7) is 9.59. The Kier molecular flexibility index (Phi) is 7.05. The maximum absolute atomic E-state index is 12.7. The summed E-state index contributed by atoms with van der Waals surface area (Å²) >= 11 is 0. The number of ether oxygens (including phenoxy) is 1. The zero-order valence-corrected chi connectivity index (χ0v) is 17.2. The van der Waals surface area contributed by atoms with E-state index in [0.29, 0.717) is 13.1 Å². The minimum absolute atomic E-state index is 0.0426. The molecule has 2 rings (SSSR count). The Morgan fingerprint density at radius 2 is 1.93 bits per heavy atom. The third-order valence-corrected chi connectivity index (χ3v) is 4.64. The Morgan fingerprint density at radius 3 is 2.56 bits per heavy atom. The predicted molar refractivity (Wildman–Crippen MR) is 108 cm³/mol. The number of piperidine rings is 1. The average Bonchev–Trinajstić information content (AvgIpc) is 2.61. The molecule has 0 N–H and O–H groups in total. The van der Waals surface area contributed by atoms with Crippen LogP contribution in [0, 0.1) is 5.92 Å². The number of carbonyl (C=O) groups is 2. The molecule has 1 heterocycles. The van der Waals surface area contributed by atoms with Gasteiger partial charge in [-0.2, -0.15) is 0 Å². The quantitative estimate of drug-likeness (QED) is 0.745. The molecule has 0 radical (unpaired) electrons. The molecule has 0 bridgehead atoms. The van der Waals surface area contributed by atoms with Crippen LogP contribution in [0.5, 0.6) is 0 Å². The summed E-state index contributed by atoms with van der Waals surface area (Å²) in [7, 11) is 1.76. The summed E-state index contributed by atoms with van der Waals surface area (Å²) < 4.78 is 5.41. The second-order valence-electron chi connectivity index (χ2n) is 8.35. The van der Waals surface area contributed by atoms with Crippen molar-refractivity contribution >= 4 is 17.6 Å². The zero-order valence-electron chi connectivity index (χ0n) is 17.2. The molecule has 148 valence electrons. The largest absolute Gasteiger partial charge is 0.444 e. The van der Waals surface area contributed by atoms with Crippen LogP contribution < -0.4 is 0 Å². The van der Waals surface area contributed by atoms with Gasteiger partial charge in [0.2, 0.25) is 5.91 Å². The molecular weight excluding hydrogens is 340 g/mol. The lowest BCUT2D eigenvalue weighted by Crippen LogP contribution is -2.44. The second-order valence-corrected chi connectivity index (χ2v) is 8.35. The van der Waals surface area contributed by atoms with E-state index in [1.165, 1.54) is 0 Å². The standard InChI is InChI=1S/C22H32N2O3/c1-17(19-11-7-6-8-12-19)14-20(25)24-13-9-10-18(16-24)15-23(5)21(26)27-22(2,3)4/h6-8,11-12,14,18H,9-10,13,15-16H2,1-5H3/b17-14-. The number of hydrogen-bond donors (Lipinski definition) is 0. The lowest BCUT2D eigenvalue weighted by Gasteiger charge is -2.34. The van der Waals surface area contributed by atoms with Crippen LogP contribution in [0.25, 0.3) is 5.57 Å². The smallest absolute Gasteiger partial charge is 0.410 e. The fraction of sp³-hybridized carbons (Fsp3) is 0.545. The molecule has 1 saturated heterocycles. The minimum atomic E-state index is -0.500. The topological polar surface area (TPSA) is 49.9 Å². The van der Waals surface area contributed by atoms with Gasteiger partial charge in [-0.3, -0.25) is 4.79 Å². The lowest BCUT2D eigenvalue weighted by molar-refractivity contribution is -0.127. The first kappa shape index (κ1) is 21.0. The van der Waals surface area contributed by atoms with Gasteiger partial charge in [-0.15, -0.1) is 0 Å². The van der Waals surface area contributed by atoms with Crippen molar-refractivity contribution in [1.82, 2.24) is 9.80 Å². The monoisotopic (exact) mass is 372 g/mol. The Balaban J connectivity index is 1.93. The molecule has 1 atom stereocenters. The van der Waals surface area contributed by atoms with Crippen LogP contribution in [0.4, 0.5) is 4.79 Å². The number of amides is 2. The first-order valence-corrected chi connectivity index (χ1v) is 9.62. The van der Waals surface area contributed by atoms with Crippen molar-refractivity contribution in [2.24, 2.45) is 5.92 Å². The number of carbonyl (C=O) groups excluding carboxylic acids is 2. The highest BCUT2D eigenvalue weighted by Crippen LogP contribution is 2.20. The van der Waals surface area contributed by atoms with Crippen molar-refractivity contribution in [3.8, 4) is 0 Å². The van der Waals surface area contributed by atoms with Crippen LogP contribution in [0.2, 0.25) is 0 Å². The number of hydrogen-bond acceptors (Lipinski definition) is 3. The van der Waals surface area contributed by atoms with E-state index in [4.69, 9.17) is 4.74 Å². The van der Waals surface area contributed by atoms with Crippen molar-refractivity contribution < 1.29 is 14.3 Å². The molecule has 1 unspecified atom stereocenters. The fourth-order valence-electron chi connectivity index (χ4n) is 3.28. The third-order valence-electron chi connectivity index (χ3n) is 4.64. The van der Waals surface area contributed by atoms with E-state index in [-0.39, 0.29) is 17.9 Å². The van der Waals surface area contributed by atoms with Gasteiger partial charge < -0.3 is 14.5 Å². The number of benzene rings is 1. The molecule has 1 aliphatic heterocycles. The van der Waals surface area contributed by atoms with Gasteiger partial charge >= 0.3 is 6.09 Å². The van der Waals surface area contributed by atoms with E-state index >= 15 is 0 Å². The summed E-state index contributed by atoms with van der Waals surface area (Å²) in [5, 5.41) is 0. The normalized spacial score (nSPS) is 18.2. The first-order valence-electron chi connectivity index (χ1n) is 9.62. The summed E-state index contributed by atoms with van der Waals surface area (Å²) in [5.74, 6) is 0.312. The molecule has 0 aliphatic carbocycles. The molecule has 1 aromatic carbocycles. The average molecular weight is 373 g/mol. The van der Waals surface area contributed by atoms with Gasteiger partial charge in [0, 0.05) is 32.8 Å². The summed E-state index contributed by atoms with van der Waals surface area (Å²) in [5.41, 5.74) is 1.53. The van der Waals surface area contributed by atoms with E-state index < -0.39 is 5.60 Å². The Bertz CT molecular complexity index is 677.